The number of carbonyl (C=O) groups excluding carboxylic acids is 1. The first-order valence-electron chi connectivity index (χ1n) is 8.67. The van der Waals surface area contributed by atoms with Crippen LogP contribution in [0.25, 0.3) is 11.3 Å². The summed E-state index contributed by atoms with van der Waals surface area (Å²) < 4.78 is 1.22. The van der Waals surface area contributed by atoms with Crippen LogP contribution in [0.3, 0.4) is 0 Å². The Kier molecular flexibility index (Phi) is 6.94. The lowest BCUT2D eigenvalue weighted by Gasteiger charge is -2.34. The van der Waals surface area contributed by atoms with Gasteiger partial charge in [-0.1, -0.05) is 37.3 Å². The highest BCUT2D eigenvalue weighted by Crippen LogP contribution is 2.26. The lowest BCUT2D eigenvalue weighted by atomic mass is 9.81. The van der Waals surface area contributed by atoms with Crippen LogP contribution in [0.5, 0.6) is 0 Å². The first-order valence-corrected chi connectivity index (χ1v) is 8.67. The Morgan fingerprint density at radius 1 is 1.19 bits per heavy atom. The standard InChI is InChI=1S/C19H24N4O2.ClH/c1-19(9-11-20-12-10-19)14-21-17(24)13-23-18(25)8-7-16(22-23)15-5-3-2-4-6-15;/h2-8,20H,9-14H2,1H3,(H,21,24);1H. The first-order chi connectivity index (χ1) is 12.1. The third kappa shape index (κ3) is 5.16. The molecule has 0 atom stereocenters. The summed E-state index contributed by atoms with van der Waals surface area (Å²) in [5.41, 5.74) is 1.44. The Bertz CT molecular complexity index is 786. The van der Waals surface area contributed by atoms with Crippen molar-refractivity contribution in [2.45, 2.75) is 26.3 Å². The van der Waals surface area contributed by atoms with Crippen molar-refractivity contribution in [1.29, 1.82) is 0 Å². The molecular weight excluding hydrogens is 352 g/mol. The van der Waals surface area contributed by atoms with Crippen LogP contribution in [0.15, 0.2) is 47.3 Å². The average Bonchev–Trinajstić information content (AvgIpc) is 2.63. The van der Waals surface area contributed by atoms with Crippen molar-refractivity contribution in [3.63, 3.8) is 0 Å². The second-order valence-electron chi connectivity index (χ2n) is 6.92. The van der Waals surface area contributed by atoms with Gasteiger partial charge in [-0.25, -0.2) is 4.68 Å². The van der Waals surface area contributed by atoms with Crippen molar-refractivity contribution in [2.75, 3.05) is 19.6 Å². The molecular formula is C19H25ClN4O2. The number of nitrogens with one attached hydrogen (secondary N) is 2. The van der Waals surface area contributed by atoms with E-state index in [0.717, 1.165) is 31.5 Å². The van der Waals surface area contributed by atoms with Crippen LogP contribution in [-0.4, -0.2) is 35.3 Å². The lowest BCUT2D eigenvalue weighted by Crippen LogP contribution is -2.44. The number of hydrogen-bond donors (Lipinski definition) is 2. The summed E-state index contributed by atoms with van der Waals surface area (Å²) in [6.07, 6.45) is 2.07. The fourth-order valence-corrected chi connectivity index (χ4v) is 3.04. The lowest BCUT2D eigenvalue weighted by molar-refractivity contribution is -0.122. The summed E-state index contributed by atoms with van der Waals surface area (Å²) in [4.78, 5) is 24.3. The van der Waals surface area contributed by atoms with Gasteiger partial charge >= 0.3 is 0 Å². The van der Waals surface area contributed by atoms with Crippen LogP contribution in [0.2, 0.25) is 0 Å². The van der Waals surface area contributed by atoms with E-state index in [1.165, 1.54) is 10.7 Å². The number of rotatable bonds is 5. The summed E-state index contributed by atoms with van der Waals surface area (Å²) >= 11 is 0. The number of piperidine rings is 1. The summed E-state index contributed by atoms with van der Waals surface area (Å²) in [6.45, 7) is 4.71. The fourth-order valence-electron chi connectivity index (χ4n) is 3.04. The van der Waals surface area contributed by atoms with Crippen molar-refractivity contribution in [3.8, 4) is 11.3 Å². The molecule has 7 heteroatoms. The minimum Gasteiger partial charge on any atom is -0.354 e. The molecule has 0 radical (unpaired) electrons. The van der Waals surface area contributed by atoms with Gasteiger partial charge in [-0.3, -0.25) is 9.59 Å². The maximum absolute atomic E-state index is 12.3. The van der Waals surface area contributed by atoms with E-state index >= 15 is 0 Å². The molecule has 2 N–H and O–H groups in total. The summed E-state index contributed by atoms with van der Waals surface area (Å²) in [6, 6.07) is 12.7. The van der Waals surface area contributed by atoms with Gasteiger partial charge in [-0.05, 0) is 37.4 Å². The maximum atomic E-state index is 12.3. The van der Waals surface area contributed by atoms with Crippen molar-refractivity contribution < 1.29 is 4.79 Å². The van der Waals surface area contributed by atoms with E-state index in [1.54, 1.807) is 6.07 Å². The van der Waals surface area contributed by atoms with E-state index in [2.05, 4.69) is 22.7 Å². The zero-order valence-corrected chi connectivity index (χ0v) is 15.7. The van der Waals surface area contributed by atoms with Gasteiger partial charge in [-0.15, -0.1) is 12.4 Å². The van der Waals surface area contributed by atoms with Crippen molar-refractivity contribution in [2.24, 2.45) is 5.41 Å². The minimum atomic E-state index is -0.275. The molecule has 0 spiro atoms. The quantitative estimate of drug-likeness (QED) is 0.834. The normalized spacial score (nSPS) is 15.7. The molecule has 2 aromatic rings. The predicted octanol–water partition coefficient (Wildman–Crippen LogP) is 1.84. The summed E-state index contributed by atoms with van der Waals surface area (Å²) in [7, 11) is 0. The molecule has 0 unspecified atom stereocenters. The number of hydrogen-bond acceptors (Lipinski definition) is 4. The van der Waals surface area contributed by atoms with E-state index in [1.807, 2.05) is 30.3 Å². The second-order valence-corrected chi connectivity index (χ2v) is 6.92. The Balaban J connectivity index is 0.00000243. The molecule has 2 heterocycles. The Morgan fingerprint density at radius 2 is 1.88 bits per heavy atom. The highest BCUT2D eigenvalue weighted by Gasteiger charge is 2.27. The summed E-state index contributed by atoms with van der Waals surface area (Å²) in [5.74, 6) is -0.181. The smallest absolute Gasteiger partial charge is 0.267 e. The topological polar surface area (TPSA) is 76.0 Å². The highest BCUT2D eigenvalue weighted by molar-refractivity contribution is 5.85. The van der Waals surface area contributed by atoms with E-state index in [4.69, 9.17) is 0 Å². The number of nitrogens with zero attached hydrogens (tertiary/aromatic N) is 2. The van der Waals surface area contributed by atoms with Crippen LogP contribution in [0.1, 0.15) is 19.8 Å². The Labute approximate surface area is 159 Å². The number of halogens is 1. The third-order valence-electron chi connectivity index (χ3n) is 4.75. The van der Waals surface area contributed by atoms with Gasteiger partial charge in [0.25, 0.3) is 5.56 Å². The monoisotopic (exact) mass is 376 g/mol. The number of benzene rings is 1. The van der Waals surface area contributed by atoms with Crippen LogP contribution in [0.4, 0.5) is 0 Å². The highest BCUT2D eigenvalue weighted by atomic mass is 35.5. The zero-order valence-electron chi connectivity index (χ0n) is 14.9. The predicted molar refractivity (Wildman–Crippen MR) is 104 cm³/mol. The number of carbonyl (C=O) groups is 1. The molecule has 1 amide bonds. The van der Waals surface area contributed by atoms with Crippen LogP contribution >= 0.6 is 12.4 Å². The largest absolute Gasteiger partial charge is 0.354 e. The van der Waals surface area contributed by atoms with Crippen molar-refractivity contribution in [3.05, 3.63) is 52.8 Å². The van der Waals surface area contributed by atoms with Gasteiger partial charge in [-0.2, -0.15) is 5.10 Å². The van der Waals surface area contributed by atoms with Crippen LogP contribution in [-0.2, 0) is 11.3 Å². The number of amides is 1. The van der Waals surface area contributed by atoms with Crippen molar-refractivity contribution in [1.82, 2.24) is 20.4 Å². The zero-order chi connectivity index (χ0) is 17.7. The van der Waals surface area contributed by atoms with Gasteiger partial charge in [0.05, 0.1) is 5.69 Å². The molecule has 0 bridgehead atoms. The van der Waals surface area contributed by atoms with Gasteiger partial charge in [0.15, 0.2) is 0 Å². The van der Waals surface area contributed by atoms with Gasteiger partial charge in [0.1, 0.15) is 6.54 Å². The van der Waals surface area contributed by atoms with Crippen LogP contribution < -0.4 is 16.2 Å². The van der Waals surface area contributed by atoms with E-state index in [9.17, 15) is 9.59 Å². The SMILES string of the molecule is CC1(CNC(=O)Cn2nc(-c3ccccc3)ccc2=O)CCNCC1.Cl. The maximum Gasteiger partial charge on any atom is 0.267 e. The third-order valence-corrected chi connectivity index (χ3v) is 4.75. The molecule has 3 rings (SSSR count). The van der Waals surface area contributed by atoms with Crippen molar-refractivity contribution >= 4 is 18.3 Å². The van der Waals surface area contributed by atoms with Crippen LogP contribution in [0, 0.1) is 5.41 Å². The average molecular weight is 377 g/mol. The minimum absolute atomic E-state index is 0. The molecule has 1 aromatic heterocycles. The Morgan fingerprint density at radius 3 is 2.58 bits per heavy atom. The van der Waals surface area contributed by atoms with Gasteiger partial charge in [0.2, 0.25) is 5.91 Å². The van der Waals surface area contributed by atoms with E-state index < -0.39 is 0 Å². The molecule has 0 aliphatic carbocycles. The van der Waals surface area contributed by atoms with E-state index in [-0.39, 0.29) is 35.8 Å². The molecule has 1 aromatic carbocycles. The molecule has 26 heavy (non-hydrogen) atoms. The molecule has 1 aliphatic heterocycles. The molecule has 6 nitrogen and oxygen atoms in total. The molecule has 1 fully saturated rings. The first kappa shape index (κ1) is 20.1. The molecule has 140 valence electrons. The second kappa shape index (κ2) is 8.96. The van der Waals surface area contributed by atoms with Gasteiger partial charge in [0, 0.05) is 18.2 Å². The number of aromatic nitrogens is 2. The molecule has 1 saturated heterocycles. The van der Waals surface area contributed by atoms with E-state index in [0.29, 0.717) is 12.2 Å². The Hall–Kier alpha value is -2.18. The van der Waals surface area contributed by atoms with Gasteiger partial charge < -0.3 is 10.6 Å². The fraction of sp³-hybridized carbons (Fsp3) is 0.421. The molecule has 1 aliphatic rings. The molecule has 0 saturated carbocycles. The summed E-state index contributed by atoms with van der Waals surface area (Å²) in [5, 5.41) is 10.6.